The normalized spacial score (nSPS) is 18.7. The Morgan fingerprint density at radius 3 is 2.96 bits per heavy atom. The topological polar surface area (TPSA) is 31.4 Å². The van der Waals surface area contributed by atoms with Gasteiger partial charge in [-0.05, 0) is 31.1 Å². The van der Waals surface area contributed by atoms with E-state index in [1.807, 2.05) is 6.07 Å². The number of anilines is 1. The Morgan fingerprint density at radius 2 is 2.17 bits per heavy atom. The van der Waals surface area contributed by atoms with Crippen molar-refractivity contribution in [3.63, 3.8) is 0 Å². The first-order valence-electron chi connectivity index (χ1n) is 8.70. The number of rotatable bonds is 4. The molecule has 24 heavy (non-hydrogen) atoms. The SMILES string of the molecule is CCC(C)CN1CC=C2NN(c3nc4ccccc4s3)CC2=C1C. The van der Waals surface area contributed by atoms with Gasteiger partial charge in [0.25, 0.3) is 0 Å². The Hall–Kier alpha value is -2.01. The first-order chi connectivity index (χ1) is 11.7. The van der Waals surface area contributed by atoms with Crippen molar-refractivity contribution in [3.8, 4) is 0 Å². The number of nitrogens with one attached hydrogen (secondary N) is 1. The largest absolute Gasteiger partial charge is 0.371 e. The van der Waals surface area contributed by atoms with Gasteiger partial charge in [0.15, 0.2) is 0 Å². The van der Waals surface area contributed by atoms with Crippen molar-refractivity contribution in [1.29, 1.82) is 0 Å². The van der Waals surface area contributed by atoms with E-state index in [0.717, 1.165) is 36.2 Å². The van der Waals surface area contributed by atoms with Gasteiger partial charge >= 0.3 is 0 Å². The van der Waals surface area contributed by atoms with Gasteiger partial charge in [-0.2, -0.15) is 0 Å². The van der Waals surface area contributed by atoms with E-state index in [4.69, 9.17) is 4.98 Å². The van der Waals surface area contributed by atoms with E-state index < -0.39 is 0 Å². The van der Waals surface area contributed by atoms with Gasteiger partial charge in [0, 0.05) is 24.4 Å². The fraction of sp³-hybridized carbons (Fsp3) is 0.421. The smallest absolute Gasteiger partial charge is 0.205 e. The summed E-state index contributed by atoms with van der Waals surface area (Å²) >= 11 is 1.75. The summed E-state index contributed by atoms with van der Waals surface area (Å²) in [5.41, 5.74) is 8.69. The number of hydrazine groups is 1. The van der Waals surface area contributed by atoms with Crippen LogP contribution >= 0.6 is 11.3 Å². The average molecular weight is 340 g/mol. The number of benzene rings is 1. The van der Waals surface area contributed by atoms with Crippen molar-refractivity contribution in [2.45, 2.75) is 27.2 Å². The molecule has 1 aromatic heterocycles. The summed E-state index contributed by atoms with van der Waals surface area (Å²) in [7, 11) is 0. The van der Waals surface area contributed by atoms with Crippen LogP contribution in [0.4, 0.5) is 5.13 Å². The van der Waals surface area contributed by atoms with Crippen LogP contribution in [0.5, 0.6) is 0 Å². The second-order valence-corrected chi connectivity index (χ2v) is 7.77. The van der Waals surface area contributed by atoms with E-state index in [1.54, 1.807) is 11.3 Å². The number of para-hydroxylation sites is 1. The minimum absolute atomic E-state index is 0.727. The zero-order chi connectivity index (χ0) is 16.7. The van der Waals surface area contributed by atoms with Crippen LogP contribution in [0.3, 0.4) is 0 Å². The lowest BCUT2D eigenvalue weighted by molar-refractivity contribution is 0.309. The van der Waals surface area contributed by atoms with Gasteiger partial charge in [-0.25, -0.2) is 4.98 Å². The van der Waals surface area contributed by atoms with Gasteiger partial charge in [0.2, 0.25) is 5.13 Å². The summed E-state index contributed by atoms with van der Waals surface area (Å²) in [6.07, 6.45) is 3.55. The molecule has 1 aromatic carbocycles. The monoisotopic (exact) mass is 340 g/mol. The Morgan fingerprint density at radius 1 is 1.33 bits per heavy atom. The summed E-state index contributed by atoms with van der Waals surface area (Å²) in [6, 6.07) is 8.34. The van der Waals surface area contributed by atoms with Crippen LogP contribution in [0.1, 0.15) is 27.2 Å². The summed E-state index contributed by atoms with van der Waals surface area (Å²) in [5.74, 6) is 0.727. The van der Waals surface area contributed by atoms with Gasteiger partial charge < -0.3 is 4.90 Å². The molecule has 1 fully saturated rings. The van der Waals surface area contributed by atoms with Crippen LogP contribution in [-0.4, -0.2) is 29.5 Å². The molecule has 2 aliphatic rings. The number of allylic oxidation sites excluding steroid dienone is 1. The molecule has 0 amide bonds. The maximum absolute atomic E-state index is 4.78. The third-order valence-corrected chi connectivity index (χ3v) is 6.13. The van der Waals surface area contributed by atoms with Crippen molar-refractivity contribution in [3.05, 3.63) is 47.3 Å². The molecule has 1 unspecified atom stereocenters. The average Bonchev–Trinajstić information content (AvgIpc) is 3.21. The molecular weight excluding hydrogens is 316 g/mol. The molecule has 3 heterocycles. The number of aromatic nitrogens is 1. The maximum Gasteiger partial charge on any atom is 0.205 e. The van der Waals surface area contributed by atoms with Crippen LogP contribution in [0.2, 0.25) is 0 Å². The van der Waals surface area contributed by atoms with E-state index in [1.165, 1.54) is 28.1 Å². The molecule has 2 aromatic rings. The third-order valence-electron chi connectivity index (χ3n) is 5.07. The van der Waals surface area contributed by atoms with E-state index >= 15 is 0 Å². The number of hydrogen-bond acceptors (Lipinski definition) is 5. The molecule has 1 N–H and O–H groups in total. The van der Waals surface area contributed by atoms with Gasteiger partial charge in [-0.1, -0.05) is 43.7 Å². The lowest BCUT2D eigenvalue weighted by Gasteiger charge is -2.31. The predicted octanol–water partition coefficient (Wildman–Crippen LogP) is 4.14. The number of nitrogens with zero attached hydrogens (tertiary/aromatic N) is 3. The Kier molecular flexibility index (Phi) is 3.96. The molecule has 1 saturated heterocycles. The van der Waals surface area contributed by atoms with Crippen molar-refractivity contribution in [1.82, 2.24) is 15.3 Å². The molecule has 0 saturated carbocycles. The van der Waals surface area contributed by atoms with Crippen molar-refractivity contribution >= 4 is 26.7 Å². The van der Waals surface area contributed by atoms with E-state index in [-0.39, 0.29) is 0 Å². The lowest BCUT2D eigenvalue weighted by Crippen LogP contribution is -2.31. The van der Waals surface area contributed by atoms with Crippen LogP contribution in [0, 0.1) is 5.92 Å². The number of thiazole rings is 1. The number of fused-ring (bicyclic) bond motifs is 2. The summed E-state index contributed by atoms with van der Waals surface area (Å²) in [6.45, 7) is 9.87. The summed E-state index contributed by atoms with van der Waals surface area (Å²) in [5, 5.41) is 3.22. The molecule has 126 valence electrons. The third kappa shape index (κ3) is 2.67. The molecule has 0 bridgehead atoms. The van der Waals surface area contributed by atoms with Crippen LogP contribution < -0.4 is 10.4 Å². The second kappa shape index (κ2) is 6.13. The molecular formula is C19H24N4S. The molecule has 4 nitrogen and oxygen atoms in total. The first kappa shape index (κ1) is 15.5. The molecule has 4 rings (SSSR count). The molecule has 1 atom stereocenters. The molecule has 0 aliphatic carbocycles. The highest BCUT2D eigenvalue weighted by molar-refractivity contribution is 7.22. The quantitative estimate of drug-likeness (QED) is 0.906. The van der Waals surface area contributed by atoms with Gasteiger partial charge in [0.1, 0.15) is 0 Å². The zero-order valence-corrected chi connectivity index (χ0v) is 15.4. The lowest BCUT2D eigenvalue weighted by atomic mass is 10.0. The summed E-state index contributed by atoms with van der Waals surface area (Å²) < 4.78 is 1.24. The summed E-state index contributed by atoms with van der Waals surface area (Å²) in [4.78, 5) is 7.29. The standard InChI is InChI=1S/C19H24N4S/c1-4-13(2)11-22-10-9-16-15(14(22)3)12-23(21-16)19-20-17-7-5-6-8-18(17)24-19/h5-9,13,21H,4,10-12H2,1-3H3. The Labute approximate surface area is 147 Å². The van der Waals surface area contributed by atoms with Gasteiger partial charge in [0.05, 0.1) is 22.5 Å². The highest BCUT2D eigenvalue weighted by Gasteiger charge is 2.29. The van der Waals surface area contributed by atoms with Gasteiger partial charge in [-0.15, -0.1) is 0 Å². The van der Waals surface area contributed by atoms with Crippen LogP contribution in [0.15, 0.2) is 47.3 Å². The minimum Gasteiger partial charge on any atom is -0.371 e. The van der Waals surface area contributed by atoms with E-state index in [9.17, 15) is 0 Å². The molecule has 0 spiro atoms. The first-order valence-corrected chi connectivity index (χ1v) is 9.52. The predicted molar refractivity (Wildman–Crippen MR) is 102 cm³/mol. The van der Waals surface area contributed by atoms with Gasteiger partial charge in [-0.3, -0.25) is 10.4 Å². The van der Waals surface area contributed by atoms with Crippen molar-refractivity contribution in [2.75, 3.05) is 24.6 Å². The Balaban J connectivity index is 1.58. The number of hydrogen-bond donors (Lipinski definition) is 1. The minimum atomic E-state index is 0.727. The van der Waals surface area contributed by atoms with Crippen LogP contribution in [0.25, 0.3) is 10.2 Å². The molecule has 5 heteroatoms. The second-order valence-electron chi connectivity index (χ2n) is 6.76. The fourth-order valence-corrected chi connectivity index (χ4v) is 4.24. The highest BCUT2D eigenvalue weighted by Crippen LogP contribution is 2.34. The van der Waals surface area contributed by atoms with E-state index in [0.29, 0.717) is 0 Å². The Bertz CT molecular complexity index is 787. The fourth-order valence-electron chi connectivity index (χ4n) is 3.31. The maximum atomic E-state index is 4.78. The highest BCUT2D eigenvalue weighted by atomic mass is 32.1. The van der Waals surface area contributed by atoms with Crippen molar-refractivity contribution in [2.24, 2.45) is 5.92 Å². The molecule has 2 aliphatic heterocycles. The zero-order valence-electron chi connectivity index (χ0n) is 14.5. The van der Waals surface area contributed by atoms with E-state index in [2.05, 4.69) is 60.4 Å². The van der Waals surface area contributed by atoms with Crippen molar-refractivity contribution < 1.29 is 0 Å². The molecule has 0 radical (unpaired) electrons. The van der Waals surface area contributed by atoms with Crippen LogP contribution in [-0.2, 0) is 0 Å².